The third kappa shape index (κ3) is 7.89. The summed E-state index contributed by atoms with van der Waals surface area (Å²) < 4.78 is 5.16. The van der Waals surface area contributed by atoms with Crippen molar-refractivity contribution in [3.63, 3.8) is 0 Å². The largest absolute Gasteiger partial charge is 0.497 e. The van der Waals surface area contributed by atoms with Gasteiger partial charge in [0.2, 0.25) is 0 Å². The molecule has 108 valence electrons. The van der Waals surface area contributed by atoms with Gasteiger partial charge in [0.05, 0.1) is 7.11 Å². The SMILES string of the molecule is COc1ccc(CCCCCCNC(C)(C)C)cc1. The number of methoxy groups -OCH3 is 1. The maximum Gasteiger partial charge on any atom is 0.118 e. The fraction of sp³-hybridized carbons (Fsp3) is 0.647. The molecule has 0 aliphatic carbocycles. The van der Waals surface area contributed by atoms with Gasteiger partial charge in [-0.3, -0.25) is 0 Å². The Morgan fingerprint density at radius 1 is 0.947 bits per heavy atom. The minimum atomic E-state index is 0.253. The monoisotopic (exact) mass is 263 g/mol. The summed E-state index contributed by atoms with van der Waals surface area (Å²) in [6, 6.07) is 8.42. The molecule has 1 aromatic rings. The van der Waals surface area contributed by atoms with Crippen molar-refractivity contribution < 1.29 is 4.74 Å². The van der Waals surface area contributed by atoms with Gasteiger partial charge in [0.25, 0.3) is 0 Å². The van der Waals surface area contributed by atoms with Crippen LogP contribution in [0, 0.1) is 0 Å². The molecule has 0 heterocycles. The lowest BCUT2D eigenvalue weighted by Crippen LogP contribution is -2.36. The Morgan fingerprint density at radius 3 is 2.16 bits per heavy atom. The quantitative estimate of drug-likeness (QED) is 0.710. The van der Waals surface area contributed by atoms with Crippen LogP contribution in [0.1, 0.15) is 52.0 Å². The van der Waals surface area contributed by atoms with Crippen LogP contribution >= 0.6 is 0 Å². The van der Waals surface area contributed by atoms with Crippen LogP contribution in [0.5, 0.6) is 5.75 Å². The van der Waals surface area contributed by atoms with Crippen LogP contribution in [0.15, 0.2) is 24.3 Å². The van der Waals surface area contributed by atoms with E-state index in [2.05, 4.69) is 38.2 Å². The van der Waals surface area contributed by atoms with E-state index in [-0.39, 0.29) is 5.54 Å². The molecule has 0 bridgehead atoms. The number of unbranched alkanes of at least 4 members (excludes halogenated alkanes) is 3. The maximum absolute atomic E-state index is 5.16. The van der Waals surface area contributed by atoms with Crippen LogP contribution in [0.2, 0.25) is 0 Å². The highest BCUT2D eigenvalue weighted by molar-refractivity contribution is 5.27. The average Bonchev–Trinajstić information content (AvgIpc) is 2.37. The zero-order valence-electron chi connectivity index (χ0n) is 13.0. The molecule has 0 radical (unpaired) electrons. The number of hydrogen-bond donors (Lipinski definition) is 1. The van der Waals surface area contributed by atoms with Crippen molar-refractivity contribution in [3.05, 3.63) is 29.8 Å². The van der Waals surface area contributed by atoms with Crippen LogP contribution in [-0.2, 0) is 6.42 Å². The lowest BCUT2D eigenvalue weighted by atomic mass is 10.1. The molecule has 1 rings (SSSR count). The second-order valence-corrected chi connectivity index (χ2v) is 6.19. The van der Waals surface area contributed by atoms with Crippen LogP contribution in [-0.4, -0.2) is 19.2 Å². The van der Waals surface area contributed by atoms with E-state index < -0.39 is 0 Å². The topological polar surface area (TPSA) is 21.3 Å². The van der Waals surface area contributed by atoms with Crippen LogP contribution < -0.4 is 10.1 Å². The zero-order chi connectivity index (χ0) is 14.1. The summed E-state index contributed by atoms with van der Waals surface area (Å²) in [6.45, 7) is 7.79. The van der Waals surface area contributed by atoms with Crippen molar-refractivity contribution in [1.82, 2.24) is 5.32 Å². The molecule has 0 saturated heterocycles. The predicted octanol–water partition coefficient (Wildman–Crippen LogP) is 4.19. The minimum absolute atomic E-state index is 0.253. The fourth-order valence-electron chi connectivity index (χ4n) is 2.06. The Balaban J connectivity index is 2.04. The molecule has 2 nitrogen and oxygen atoms in total. The molecule has 0 amide bonds. The molecular weight excluding hydrogens is 234 g/mol. The van der Waals surface area contributed by atoms with Crippen LogP contribution in [0.25, 0.3) is 0 Å². The van der Waals surface area contributed by atoms with E-state index in [4.69, 9.17) is 4.74 Å². The first kappa shape index (κ1) is 16.0. The number of nitrogens with one attached hydrogen (secondary N) is 1. The number of benzene rings is 1. The molecule has 0 aliphatic heterocycles. The summed E-state index contributed by atoms with van der Waals surface area (Å²) in [5, 5.41) is 3.53. The minimum Gasteiger partial charge on any atom is -0.497 e. The van der Waals surface area contributed by atoms with Gasteiger partial charge in [-0.15, -0.1) is 0 Å². The van der Waals surface area contributed by atoms with Gasteiger partial charge in [-0.25, -0.2) is 0 Å². The first-order valence-corrected chi connectivity index (χ1v) is 7.39. The number of ether oxygens (including phenoxy) is 1. The smallest absolute Gasteiger partial charge is 0.118 e. The van der Waals surface area contributed by atoms with Crippen LogP contribution in [0.3, 0.4) is 0 Å². The summed E-state index contributed by atoms with van der Waals surface area (Å²) in [7, 11) is 1.71. The van der Waals surface area contributed by atoms with E-state index in [0.29, 0.717) is 0 Å². The molecule has 0 spiro atoms. The van der Waals surface area contributed by atoms with Gasteiger partial charge < -0.3 is 10.1 Å². The molecule has 0 atom stereocenters. The lowest BCUT2D eigenvalue weighted by Gasteiger charge is -2.20. The van der Waals surface area contributed by atoms with E-state index in [9.17, 15) is 0 Å². The third-order valence-electron chi connectivity index (χ3n) is 3.21. The van der Waals surface area contributed by atoms with Gasteiger partial charge in [-0.2, -0.15) is 0 Å². The zero-order valence-corrected chi connectivity index (χ0v) is 13.0. The lowest BCUT2D eigenvalue weighted by molar-refractivity contribution is 0.414. The summed E-state index contributed by atoms with van der Waals surface area (Å²) in [6.07, 6.45) is 6.37. The van der Waals surface area contributed by atoms with Crippen molar-refractivity contribution in [2.45, 2.75) is 58.4 Å². The molecule has 0 aromatic heterocycles. The summed E-state index contributed by atoms with van der Waals surface area (Å²) in [4.78, 5) is 0. The maximum atomic E-state index is 5.16. The molecule has 0 saturated carbocycles. The average molecular weight is 263 g/mol. The van der Waals surface area contributed by atoms with Crippen molar-refractivity contribution >= 4 is 0 Å². The molecule has 0 fully saturated rings. The van der Waals surface area contributed by atoms with Gasteiger partial charge in [-0.1, -0.05) is 25.0 Å². The molecule has 0 aliphatic rings. The summed E-state index contributed by atoms with van der Waals surface area (Å²) >= 11 is 0. The highest BCUT2D eigenvalue weighted by Crippen LogP contribution is 2.14. The van der Waals surface area contributed by atoms with E-state index >= 15 is 0 Å². The Morgan fingerprint density at radius 2 is 1.58 bits per heavy atom. The van der Waals surface area contributed by atoms with Gasteiger partial charge in [0.1, 0.15) is 5.75 Å². The van der Waals surface area contributed by atoms with Gasteiger partial charge in [0, 0.05) is 5.54 Å². The van der Waals surface area contributed by atoms with E-state index in [1.807, 2.05) is 12.1 Å². The number of aryl methyl sites for hydroxylation is 1. The molecular formula is C17H29NO. The van der Waals surface area contributed by atoms with Crippen molar-refractivity contribution in [3.8, 4) is 5.75 Å². The van der Waals surface area contributed by atoms with Crippen molar-refractivity contribution in [1.29, 1.82) is 0 Å². The first-order valence-electron chi connectivity index (χ1n) is 7.39. The van der Waals surface area contributed by atoms with E-state index in [0.717, 1.165) is 12.3 Å². The normalized spacial score (nSPS) is 11.6. The summed E-state index contributed by atoms with van der Waals surface area (Å²) in [5.74, 6) is 0.942. The first-order chi connectivity index (χ1) is 9.01. The van der Waals surface area contributed by atoms with Crippen molar-refractivity contribution in [2.75, 3.05) is 13.7 Å². The second-order valence-electron chi connectivity index (χ2n) is 6.19. The Hall–Kier alpha value is -1.02. The highest BCUT2D eigenvalue weighted by atomic mass is 16.5. The Bertz CT molecular complexity index is 337. The van der Waals surface area contributed by atoms with E-state index in [1.165, 1.54) is 37.7 Å². The highest BCUT2D eigenvalue weighted by Gasteiger charge is 2.06. The van der Waals surface area contributed by atoms with Crippen LogP contribution in [0.4, 0.5) is 0 Å². The standard InChI is InChI=1S/C17H29NO/c1-17(2,3)18-14-8-6-5-7-9-15-10-12-16(19-4)13-11-15/h10-13,18H,5-9,14H2,1-4H3. The molecule has 1 N–H and O–H groups in total. The van der Waals surface area contributed by atoms with Gasteiger partial charge in [-0.05, 0) is 64.3 Å². The number of rotatable bonds is 8. The number of hydrogen-bond acceptors (Lipinski definition) is 2. The Labute approximate surface area is 118 Å². The molecule has 0 unspecified atom stereocenters. The molecule has 19 heavy (non-hydrogen) atoms. The third-order valence-corrected chi connectivity index (χ3v) is 3.21. The predicted molar refractivity (Wildman–Crippen MR) is 82.9 cm³/mol. The fourth-order valence-corrected chi connectivity index (χ4v) is 2.06. The second kappa shape index (κ2) is 8.21. The molecule has 2 heteroatoms. The summed E-state index contributed by atoms with van der Waals surface area (Å²) in [5.41, 5.74) is 1.66. The van der Waals surface area contributed by atoms with E-state index in [1.54, 1.807) is 7.11 Å². The van der Waals surface area contributed by atoms with Gasteiger partial charge in [0.15, 0.2) is 0 Å². The van der Waals surface area contributed by atoms with Crippen molar-refractivity contribution in [2.24, 2.45) is 0 Å². The molecule has 1 aromatic carbocycles. The Kier molecular flexibility index (Phi) is 6.93. The van der Waals surface area contributed by atoms with Gasteiger partial charge >= 0.3 is 0 Å².